The second-order valence-electron chi connectivity index (χ2n) is 4.03. The third-order valence-electron chi connectivity index (χ3n) is 2.90. The standard InChI is InChI=1S/C9H14O4/c1-9(2)5(4-6(10)11)7(9)8(12)13-3/h5,7H,4H2,1-3H3,(H,10,11)/t5-,7-/m0/s1. The highest BCUT2D eigenvalue weighted by Crippen LogP contribution is 2.60. The molecule has 0 bridgehead atoms. The number of methoxy groups -OCH3 is 1. The van der Waals surface area contributed by atoms with E-state index in [1.54, 1.807) is 0 Å². The highest BCUT2D eigenvalue weighted by Gasteiger charge is 2.62. The average molecular weight is 186 g/mol. The number of esters is 1. The second-order valence-corrected chi connectivity index (χ2v) is 4.03. The molecule has 4 nitrogen and oxygen atoms in total. The Morgan fingerprint density at radius 1 is 1.46 bits per heavy atom. The van der Waals surface area contributed by atoms with Gasteiger partial charge >= 0.3 is 11.9 Å². The van der Waals surface area contributed by atoms with Crippen LogP contribution in [0.3, 0.4) is 0 Å². The summed E-state index contributed by atoms with van der Waals surface area (Å²) in [6, 6.07) is 0. The van der Waals surface area contributed by atoms with Gasteiger partial charge in [0.2, 0.25) is 0 Å². The van der Waals surface area contributed by atoms with Gasteiger partial charge in [-0.3, -0.25) is 9.59 Å². The Hall–Kier alpha value is -1.06. The average Bonchev–Trinajstić information content (AvgIpc) is 2.51. The minimum Gasteiger partial charge on any atom is -0.481 e. The number of aliphatic carboxylic acids is 1. The number of carbonyl (C=O) groups excluding carboxylic acids is 1. The number of carboxylic acid groups (broad SMARTS) is 1. The van der Waals surface area contributed by atoms with Gasteiger partial charge in [0.1, 0.15) is 0 Å². The maximum atomic E-state index is 11.2. The quantitative estimate of drug-likeness (QED) is 0.665. The molecule has 1 saturated carbocycles. The Morgan fingerprint density at radius 2 is 2.00 bits per heavy atom. The van der Waals surface area contributed by atoms with Gasteiger partial charge in [-0.1, -0.05) is 13.8 Å². The van der Waals surface area contributed by atoms with Gasteiger partial charge in [-0.05, 0) is 11.3 Å². The van der Waals surface area contributed by atoms with Crippen LogP contribution in [-0.4, -0.2) is 24.2 Å². The molecule has 0 aromatic carbocycles. The number of carbonyl (C=O) groups is 2. The normalized spacial score (nSPS) is 29.5. The lowest BCUT2D eigenvalue weighted by Gasteiger charge is -1.99. The Balaban J connectivity index is 2.60. The van der Waals surface area contributed by atoms with E-state index in [0.717, 1.165) is 0 Å². The van der Waals surface area contributed by atoms with E-state index >= 15 is 0 Å². The van der Waals surface area contributed by atoms with Crippen molar-refractivity contribution in [1.82, 2.24) is 0 Å². The number of hydrogen-bond acceptors (Lipinski definition) is 3. The van der Waals surface area contributed by atoms with Gasteiger partial charge < -0.3 is 9.84 Å². The molecule has 0 radical (unpaired) electrons. The molecule has 4 heteroatoms. The third kappa shape index (κ3) is 1.66. The summed E-state index contributed by atoms with van der Waals surface area (Å²) in [5.41, 5.74) is -0.217. The van der Waals surface area contributed by atoms with Crippen molar-refractivity contribution in [3.05, 3.63) is 0 Å². The Bertz CT molecular complexity index is 244. The maximum Gasteiger partial charge on any atom is 0.309 e. The summed E-state index contributed by atoms with van der Waals surface area (Å²) in [5, 5.41) is 8.58. The molecule has 0 aromatic heterocycles. The van der Waals surface area contributed by atoms with Gasteiger partial charge in [0.15, 0.2) is 0 Å². The fourth-order valence-electron chi connectivity index (χ4n) is 1.91. The van der Waals surface area contributed by atoms with Gasteiger partial charge in [0.05, 0.1) is 13.0 Å². The first-order chi connectivity index (χ1) is 5.91. The van der Waals surface area contributed by atoms with Crippen LogP contribution < -0.4 is 0 Å². The lowest BCUT2D eigenvalue weighted by atomic mass is 10.1. The van der Waals surface area contributed by atoms with Crippen LogP contribution in [0.2, 0.25) is 0 Å². The molecule has 0 aliphatic heterocycles. The van der Waals surface area contributed by atoms with Crippen molar-refractivity contribution < 1.29 is 19.4 Å². The van der Waals surface area contributed by atoms with E-state index in [1.807, 2.05) is 13.8 Å². The van der Waals surface area contributed by atoms with Crippen molar-refractivity contribution >= 4 is 11.9 Å². The van der Waals surface area contributed by atoms with Crippen LogP contribution in [0.5, 0.6) is 0 Å². The van der Waals surface area contributed by atoms with E-state index in [2.05, 4.69) is 4.74 Å². The zero-order valence-electron chi connectivity index (χ0n) is 8.03. The van der Waals surface area contributed by atoms with Crippen molar-refractivity contribution in [3.63, 3.8) is 0 Å². The molecule has 2 atom stereocenters. The van der Waals surface area contributed by atoms with Crippen LogP contribution in [-0.2, 0) is 14.3 Å². The predicted molar refractivity (Wildman–Crippen MR) is 45.0 cm³/mol. The molecule has 0 heterocycles. The number of hydrogen-bond donors (Lipinski definition) is 1. The number of ether oxygens (including phenoxy) is 1. The van der Waals surface area contributed by atoms with Crippen LogP contribution in [0, 0.1) is 17.3 Å². The van der Waals surface area contributed by atoms with E-state index in [-0.39, 0.29) is 29.6 Å². The molecular formula is C9H14O4. The summed E-state index contributed by atoms with van der Waals surface area (Å²) in [4.78, 5) is 21.6. The zero-order chi connectivity index (χ0) is 10.2. The van der Waals surface area contributed by atoms with Crippen molar-refractivity contribution in [2.75, 3.05) is 7.11 Å². The Kier molecular flexibility index (Phi) is 2.32. The summed E-state index contributed by atoms with van der Waals surface area (Å²) >= 11 is 0. The first-order valence-corrected chi connectivity index (χ1v) is 4.21. The lowest BCUT2D eigenvalue weighted by molar-refractivity contribution is -0.143. The molecule has 1 rings (SSSR count). The molecule has 0 unspecified atom stereocenters. The molecule has 74 valence electrons. The maximum absolute atomic E-state index is 11.2. The van der Waals surface area contributed by atoms with Crippen molar-refractivity contribution in [3.8, 4) is 0 Å². The van der Waals surface area contributed by atoms with Crippen LogP contribution >= 0.6 is 0 Å². The highest BCUT2D eigenvalue weighted by atomic mass is 16.5. The van der Waals surface area contributed by atoms with E-state index in [9.17, 15) is 9.59 Å². The van der Waals surface area contributed by atoms with Crippen LogP contribution in [0.15, 0.2) is 0 Å². The molecule has 1 fully saturated rings. The van der Waals surface area contributed by atoms with E-state index in [4.69, 9.17) is 5.11 Å². The molecule has 0 amide bonds. The molecular weight excluding hydrogens is 172 g/mol. The molecule has 0 saturated heterocycles. The van der Waals surface area contributed by atoms with Gasteiger partial charge in [-0.15, -0.1) is 0 Å². The summed E-state index contributed by atoms with van der Waals surface area (Å²) in [6.45, 7) is 3.78. The van der Waals surface area contributed by atoms with Crippen molar-refractivity contribution in [1.29, 1.82) is 0 Å². The molecule has 0 spiro atoms. The molecule has 1 aliphatic rings. The van der Waals surface area contributed by atoms with Gasteiger partial charge in [0, 0.05) is 6.42 Å². The SMILES string of the molecule is COC(=O)[C@@H]1[C@H](CC(=O)O)C1(C)C. The van der Waals surface area contributed by atoms with Crippen molar-refractivity contribution in [2.24, 2.45) is 17.3 Å². The lowest BCUT2D eigenvalue weighted by Crippen LogP contribution is -2.07. The number of carboxylic acids is 1. The van der Waals surface area contributed by atoms with Gasteiger partial charge in [-0.25, -0.2) is 0 Å². The Labute approximate surface area is 76.9 Å². The smallest absolute Gasteiger partial charge is 0.309 e. The molecule has 1 aliphatic carbocycles. The molecule has 13 heavy (non-hydrogen) atoms. The molecule has 0 aromatic rings. The predicted octanol–water partition coefficient (Wildman–Crippen LogP) is 0.906. The zero-order valence-corrected chi connectivity index (χ0v) is 8.03. The largest absolute Gasteiger partial charge is 0.481 e. The monoisotopic (exact) mass is 186 g/mol. The minimum atomic E-state index is -0.857. The minimum absolute atomic E-state index is 0.0484. The topological polar surface area (TPSA) is 63.6 Å². The third-order valence-corrected chi connectivity index (χ3v) is 2.90. The summed E-state index contributed by atoms with van der Waals surface area (Å²) < 4.78 is 4.59. The Morgan fingerprint density at radius 3 is 2.38 bits per heavy atom. The van der Waals surface area contributed by atoms with Gasteiger partial charge in [-0.2, -0.15) is 0 Å². The first kappa shape index (κ1) is 10.0. The summed E-state index contributed by atoms with van der Waals surface area (Å²) in [6.07, 6.45) is 0.0484. The van der Waals surface area contributed by atoms with E-state index in [1.165, 1.54) is 7.11 Å². The van der Waals surface area contributed by atoms with Crippen molar-refractivity contribution in [2.45, 2.75) is 20.3 Å². The van der Waals surface area contributed by atoms with Gasteiger partial charge in [0.25, 0.3) is 0 Å². The van der Waals surface area contributed by atoms with E-state index < -0.39 is 5.97 Å². The van der Waals surface area contributed by atoms with Crippen LogP contribution in [0.25, 0.3) is 0 Å². The second kappa shape index (κ2) is 3.01. The van der Waals surface area contributed by atoms with Crippen LogP contribution in [0.4, 0.5) is 0 Å². The fourth-order valence-corrected chi connectivity index (χ4v) is 1.91. The first-order valence-electron chi connectivity index (χ1n) is 4.21. The van der Waals surface area contributed by atoms with E-state index in [0.29, 0.717) is 0 Å². The fraction of sp³-hybridized carbons (Fsp3) is 0.778. The summed E-state index contributed by atoms with van der Waals surface area (Å²) in [7, 11) is 1.33. The van der Waals surface area contributed by atoms with Crippen LogP contribution in [0.1, 0.15) is 20.3 Å². The number of rotatable bonds is 3. The molecule has 1 N–H and O–H groups in total. The highest BCUT2D eigenvalue weighted by molar-refractivity contribution is 5.79. The summed E-state index contributed by atoms with van der Waals surface area (Å²) in [5.74, 6) is -1.47.